The Bertz CT molecular complexity index is 671. The summed E-state index contributed by atoms with van der Waals surface area (Å²) in [4.78, 5) is 14.1. The molecule has 1 aliphatic heterocycles. The van der Waals surface area contributed by atoms with Gasteiger partial charge < -0.3 is 10.8 Å². The third-order valence-electron chi connectivity index (χ3n) is 2.78. The molecule has 0 unspecified atom stereocenters. The van der Waals surface area contributed by atoms with Crippen molar-refractivity contribution in [3.63, 3.8) is 0 Å². The predicted molar refractivity (Wildman–Crippen MR) is 86.8 cm³/mol. The Balaban J connectivity index is 0.00000147. The van der Waals surface area contributed by atoms with Crippen LogP contribution in [0.4, 0.5) is 5.69 Å². The first-order valence-corrected chi connectivity index (χ1v) is 7.40. The van der Waals surface area contributed by atoms with Crippen LogP contribution in [0.25, 0.3) is 4.91 Å². The number of anilines is 1. The van der Waals surface area contributed by atoms with Gasteiger partial charge in [-0.2, -0.15) is 0 Å². The fourth-order valence-corrected chi connectivity index (χ4v) is 3.47. The number of amides is 1. The Hall–Kier alpha value is -1.56. The highest BCUT2D eigenvalue weighted by Gasteiger charge is 2.21. The SMILES string of the molecule is O.O=C1Nc2ccccc2SC(c2ccccc2)=C1Br. The predicted octanol–water partition coefficient (Wildman–Crippen LogP) is 3.67. The Morgan fingerprint density at radius 3 is 2.35 bits per heavy atom. The van der Waals surface area contributed by atoms with E-state index in [0.717, 1.165) is 21.1 Å². The molecule has 0 aromatic heterocycles. The molecule has 0 radical (unpaired) electrons. The lowest BCUT2D eigenvalue weighted by molar-refractivity contribution is -0.112. The van der Waals surface area contributed by atoms with Gasteiger partial charge in [0.1, 0.15) is 0 Å². The van der Waals surface area contributed by atoms with Crippen LogP contribution in [0.1, 0.15) is 5.56 Å². The van der Waals surface area contributed by atoms with E-state index in [-0.39, 0.29) is 11.4 Å². The van der Waals surface area contributed by atoms with Crippen LogP contribution in [0.2, 0.25) is 0 Å². The molecule has 0 fully saturated rings. The second kappa shape index (κ2) is 6.26. The molecule has 102 valence electrons. The lowest BCUT2D eigenvalue weighted by Crippen LogP contribution is -2.10. The van der Waals surface area contributed by atoms with Gasteiger partial charge in [-0.05, 0) is 33.6 Å². The van der Waals surface area contributed by atoms with Gasteiger partial charge in [0.15, 0.2) is 0 Å². The highest BCUT2D eigenvalue weighted by Crippen LogP contribution is 2.44. The van der Waals surface area contributed by atoms with Crippen LogP contribution >= 0.6 is 27.7 Å². The van der Waals surface area contributed by atoms with Crippen LogP contribution in [0.3, 0.4) is 0 Å². The van der Waals surface area contributed by atoms with Crippen LogP contribution in [0.5, 0.6) is 0 Å². The molecule has 0 aliphatic carbocycles. The standard InChI is InChI=1S/C15H10BrNOS.H2O/c16-13-14(10-6-2-1-3-7-10)19-12-9-5-4-8-11(12)17-15(13)18;/h1-9H,(H,17,18);1H2. The van der Waals surface area contributed by atoms with Crippen LogP contribution in [-0.2, 0) is 4.79 Å². The van der Waals surface area contributed by atoms with Gasteiger partial charge in [0.2, 0.25) is 0 Å². The highest BCUT2D eigenvalue weighted by atomic mass is 79.9. The Labute approximate surface area is 129 Å². The molecule has 0 spiro atoms. The van der Waals surface area contributed by atoms with Crippen LogP contribution in [0, 0.1) is 0 Å². The number of nitrogens with one attached hydrogen (secondary N) is 1. The van der Waals surface area contributed by atoms with Gasteiger partial charge in [-0.15, -0.1) is 0 Å². The van der Waals surface area contributed by atoms with Gasteiger partial charge in [-0.3, -0.25) is 4.79 Å². The summed E-state index contributed by atoms with van der Waals surface area (Å²) in [6, 6.07) is 17.7. The van der Waals surface area contributed by atoms with E-state index in [1.165, 1.54) is 0 Å². The van der Waals surface area contributed by atoms with Crippen LogP contribution in [0.15, 0.2) is 64.0 Å². The van der Waals surface area contributed by atoms with Gasteiger partial charge in [0.25, 0.3) is 5.91 Å². The average Bonchev–Trinajstić information content (AvgIpc) is 2.58. The number of hydrogen-bond acceptors (Lipinski definition) is 2. The number of carbonyl (C=O) groups is 1. The summed E-state index contributed by atoms with van der Waals surface area (Å²) < 4.78 is 0.569. The van der Waals surface area contributed by atoms with Crippen molar-refractivity contribution >= 4 is 44.2 Å². The third kappa shape index (κ3) is 2.80. The number of carbonyl (C=O) groups excluding carboxylic acids is 1. The van der Waals surface area contributed by atoms with Crippen molar-refractivity contribution in [3.05, 3.63) is 64.6 Å². The van der Waals surface area contributed by atoms with Crippen molar-refractivity contribution in [3.8, 4) is 0 Å². The zero-order chi connectivity index (χ0) is 13.2. The second-order valence-corrected chi connectivity index (χ2v) is 5.91. The molecule has 0 atom stereocenters. The van der Waals surface area contributed by atoms with Gasteiger partial charge in [0, 0.05) is 9.80 Å². The summed E-state index contributed by atoms with van der Waals surface area (Å²) >= 11 is 5.00. The highest BCUT2D eigenvalue weighted by molar-refractivity contribution is 9.12. The molecule has 5 heteroatoms. The molecule has 1 amide bonds. The summed E-state index contributed by atoms with van der Waals surface area (Å²) in [5.74, 6) is -0.115. The summed E-state index contributed by atoms with van der Waals surface area (Å²) in [6.07, 6.45) is 0. The average molecular weight is 350 g/mol. The van der Waals surface area contributed by atoms with Gasteiger partial charge >= 0.3 is 0 Å². The fraction of sp³-hybridized carbons (Fsp3) is 0. The maximum absolute atomic E-state index is 12.1. The van der Waals surface area contributed by atoms with E-state index in [2.05, 4.69) is 21.2 Å². The van der Waals surface area contributed by atoms with Gasteiger partial charge in [0.05, 0.1) is 10.2 Å². The number of halogens is 1. The quantitative estimate of drug-likeness (QED) is 0.853. The number of fused-ring (bicyclic) bond motifs is 1. The molecule has 0 saturated heterocycles. The molecule has 0 saturated carbocycles. The van der Waals surface area contributed by atoms with Crippen LogP contribution in [-0.4, -0.2) is 11.4 Å². The van der Waals surface area contributed by atoms with Gasteiger partial charge in [-0.1, -0.05) is 54.2 Å². The number of hydrogen-bond donors (Lipinski definition) is 1. The molecule has 0 bridgehead atoms. The monoisotopic (exact) mass is 349 g/mol. The van der Waals surface area contributed by atoms with Crippen molar-refractivity contribution in [2.45, 2.75) is 4.90 Å². The van der Waals surface area contributed by atoms with E-state index in [1.807, 2.05) is 54.6 Å². The first-order chi connectivity index (χ1) is 9.25. The van der Waals surface area contributed by atoms with E-state index < -0.39 is 0 Å². The zero-order valence-electron chi connectivity index (χ0n) is 10.4. The summed E-state index contributed by atoms with van der Waals surface area (Å²) in [6.45, 7) is 0. The smallest absolute Gasteiger partial charge is 0.263 e. The molecule has 1 heterocycles. The maximum atomic E-state index is 12.1. The molecule has 2 aromatic carbocycles. The van der Waals surface area contributed by atoms with E-state index in [0.29, 0.717) is 4.48 Å². The molecule has 20 heavy (non-hydrogen) atoms. The molecule has 1 aliphatic rings. The number of rotatable bonds is 1. The second-order valence-electron chi connectivity index (χ2n) is 4.06. The summed E-state index contributed by atoms with van der Waals surface area (Å²) in [7, 11) is 0. The Morgan fingerprint density at radius 2 is 1.60 bits per heavy atom. The van der Waals surface area contributed by atoms with Gasteiger partial charge in [-0.25, -0.2) is 0 Å². The minimum atomic E-state index is -0.115. The lowest BCUT2D eigenvalue weighted by Gasteiger charge is -2.07. The van der Waals surface area contributed by atoms with Crippen LogP contribution < -0.4 is 5.32 Å². The van der Waals surface area contributed by atoms with E-state index in [1.54, 1.807) is 11.8 Å². The molecule has 3 rings (SSSR count). The minimum Gasteiger partial charge on any atom is -0.412 e. The molecule has 2 aromatic rings. The topological polar surface area (TPSA) is 60.6 Å². The first kappa shape index (κ1) is 14.8. The fourth-order valence-electron chi connectivity index (χ4n) is 1.87. The van der Waals surface area contributed by atoms with Crippen molar-refractivity contribution in [1.29, 1.82) is 0 Å². The van der Waals surface area contributed by atoms with E-state index in [4.69, 9.17) is 0 Å². The Kier molecular flexibility index (Phi) is 4.65. The number of para-hydroxylation sites is 1. The minimum absolute atomic E-state index is 0. The van der Waals surface area contributed by atoms with E-state index >= 15 is 0 Å². The molecular weight excluding hydrogens is 338 g/mol. The zero-order valence-corrected chi connectivity index (χ0v) is 12.8. The number of thioether (sulfide) groups is 1. The number of benzene rings is 2. The molecule has 3 nitrogen and oxygen atoms in total. The first-order valence-electron chi connectivity index (χ1n) is 5.79. The van der Waals surface area contributed by atoms with Crippen molar-refractivity contribution in [1.82, 2.24) is 0 Å². The van der Waals surface area contributed by atoms with Crippen molar-refractivity contribution in [2.75, 3.05) is 5.32 Å². The lowest BCUT2D eigenvalue weighted by atomic mass is 10.2. The largest absolute Gasteiger partial charge is 0.412 e. The molecule has 3 N–H and O–H groups in total. The molecular formula is C15H12BrNO2S. The van der Waals surface area contributed by atoms with Crippen molar-refractivity contribution in [2.24, 2.45) is 0 Å². The van der Waals surface area contributed by atoms with E-state index in [9.17, 15) is 4.79 Å². The normalized spacial score (nSPS) is 13.9. The summed E-state index contributed by atoms with van der Waals surface area (Å²) in [5.41, 5.74) is 1.88. The third-order valence-corrected chi connectivity index (χ3v) is 5.02. The maximum Gasteiger partial charge on any atom is 0.263 e. The van der Waals surface area contributed by atoms with Crippen molar-refractivity contribution < 1.29 is 10.3 Å². The summed E-state index contributed by atoms with van der Waals surface area (Å²) in [5, 5.41) is 2.91. The Morgan fingerprint density at radius 1 is 0.950 bits per heavy atom.